The van der Waals surface area contributed by atoms with E-state index < -0.39 is 0 Å². The van der Waals surface area contributed by atoms with Gasteiger partial charge in [0, 0.05) is 0 Å². The van der Waals surface area contributed by atoms with Crippen LogP contribution in [0.5, 0.6) is 5.75 Å². The molecule has 0 heterocycles. The Hall–Kier alpha value is -0.980. The minimum absolute atomic E-state index is 0.418. The molecule has 60 valence electrons. The highest BCUT2D eigenvalue weighted by molar-refractivity contribution is 5.34. The van der Waals surface area contributed by atoms with Crippen molar-refractivity contribution >= 4 is 0 Å². The normalized spacial score (nSPS) is 12.9. The van der Waals surface area contributed by atoms with Crippen LogP contribution >= 0.6 is 0 Å². The number of phenols is 1. The molecule has 0 unspecified atom stereocenters. The molecule has 0 spiro atoms. The van der Waals surface area contributed by atoms with Crippen LogP contribution in [0.15, 0.2) is 24.3 Å². The molecule has 1 aromatic carbocycles. The van der Waals surface area contributed by atoms with Crippen molar-refractivity contribution < 1.29 is 5.11 Å². The van der Waals surface area contributed by atoms with Gasteiger partial charge in [0.05, 0.1) is 0 Å². The Morgan fingerprint density at radius 3 is 2.55 bits per heavy atom. The van der Waals surface area contributed by atoms with Crippen molar-refractivity contribution in [3.63, 3.8) is 0 Å². The Morgan fingerprint density at radius 2 is 2.00 bits per heavy atom. The van der Waals surface area contributed by atoms with Crippen LogP contribution in [-0.4, -0.2) is 5.11 Å². The number of aromatic hydroxyl groups is 1. The summed E-state index contributed by atoms with van der Waals surface area (Å²) in [5.41, 5.74) is 1.05. The predicted molar refractivity (Wildman–Crippen MR) is 46.8 cm³/mol. The van der Waals surface area contributed by atoms with Gasteiger partial charge in [-0.1, -0.05) is 32.0 Å². The van der Waals surface area contributed by atoms with Gasteiger partial charge in [-0.3, -0.25) is 0 Å². The van der Waals surface area contributed by atoms with E-state index in [2.05, 4.69) is 13.8 Å². The largest absolute Gasteiger partial charge is 0.508 e. The molecule has 0 aliphatic rings. The van der Waals surface area contributed by atoms with Crippen LogP contribution in [-0.2, 0) is 0 Å². The average molecular weight is 150 g/mol. The van der Waals surface area contributed by atoms with Crippen molar-refractivity contribution in [2.24, 2.45) is 0 Å². The molecule has 0 fully saturated rings. The van der Waals surface area contributed by atoms with E-state index in [0.717, 1.165) is 12.0 Å². The number of hydrogen-bond donors (Lipinski definition) is 1. The third kappa shape index (κ3) is 1.73. The van der Waals surface area contributed by atoms with Gasteiger partial charge in [0.15, 0.2) is 0 Å². The molecule has 1 rings (SSSR count). The molecule has 0 aromatic heterocycles. The summed E-state index contributed by atoms with van der Waals surface area (Å²) in [7, 11) is 0. The van der Waals surface area contributed by atoms with E-state index in [1.165, 1.54) is 0 Å². The van der Waals surface area contributed by atoms with Gasteiger partial charge in [0.25, 0.3) is 0 Å². The van der Waals surface area contributed by atoms with Crippen LogP contribution in [0.1, 0.15) is 31.7 Å². The monoisotopic (exact) mass is 150 g/mol. The highest BCUT2D eigenvalue weighted by Crippen LogP contribution is 2.26. The Morgan fingerprint density at radius 1 is 1.36 bits per heavy atom. The van der Waals surface area contributed by atoms with Gasteiger partial charge < -0.3 is 5.11 Å². The first-order valence-electron chi connectivity index (χ1n) is 4.03. The summed E-state index contributed by atoms with van der Waals surface area (Å²) in [6.07, 6.45) is 1.07. The summed E-state index contributed by atoms with van der Waals surface area (Å²) >= 11 is 0. The SMILES string of the molecule is CC[C@H](C)c1ccccc1O. The molecular weight excluding hydrogens is 136 g/mol. The van der Waals surface area contributed by atoms with Crippen molar-refractivity contribution in [3.8, 4) is 5.75 Å². The first kappa shape index (κ1) is 8.12. The van der Waals surface area contributed by atoms with Gasteiger partial charge in [-0.2, -0.15) is 0 Å². The molecule has 0 saturated carbocycles. The highest BCUT2D eigenvalue weighted by Gasteiger charge is 2.05. The lowest BCUT2D eigenvalue weighted by molar-refractivity contribution is 0.462. The Labute approximate surface area is 67.7 Å². The summed E-state index contributed by atoms with van der Waals surface area (Å²) in [5, 5.41) is 9.41. The second-order valence-electron chi connectivity index (χ2n) is 2.87. The van der Waals surface area contributed by atoms with Crippen molar-refractivity contribution in [1.29, 1.82) is 0 Å². The predicted octanol–water partition coefficient (Wildman–Crippen LogP) is 2.91. The minimum atomic E-state index is 0.418. The molecule has 1 atom stereocenters. The van der Waals surface area contributed by atoms with E-state index in [1.807, 2.05) is 18.2 Å². The standard InChI is InChI=1S/C10H14O/c1-3-8(2)9-6-4-5-7-10(9)11/h4-8,11H,3H2,1-2H3/t8-/m0/s1. The van der Waals surface area contributed by atoms with E-state index in [1.54, 1.807) is 6.07 Å². The molecule has 0 aliphatic carbocycles. The smallest absolute Gasteiger partial charge is 0.119 e. The topological polar surface area (TPSA) is 20.2 Å². The zero-order valence-electron chi connectivity index (χ0n) is 7.04. The van der Waals surface area contributed by atoms with Gasteiger partial charge in [-0.05, 0) is 24.0 Å². The third-order valence-electron chi connectivity index (χ3n) is 2.08. The maximum Gasteiger partial charge on any atom is 0.119 e. The number of benzene rings is 1. The fourth-order valence-corrected chi connectivity index (χ4v) is 1.12. The number of rotatable bonds is 2. The zero-order chi connectivity index (χ0) is 8.27. The lowest BCUT2D eigenvalue weighted by Gasteiger charge is -2.09. The van der Waals surface area contributed by atoms with E-state index in [9.17, 15) is 5.11 Å². The summed E-state index contributed by atoms with van der Waals surface area (Å²) in [6.45, 7) is 4.24. The summed E-state index contributed by atoms with van der Waals surface area (Å²) in [4.78, 5) is 0. The van der Waals surface area contributed by atoms with Crippen LogP contribution in [0.25, 0.3) is 0 Å². The molecule has 1 heteroatoms. The fraction of sp³-hybridized carbons (Fsp3) is 0.400. The van der Waals surface area contributed by atoms with Crippen molar-refractivity contribution in [1.82, 2.24) is 0 Å². The van der Waals surface area contributed by atoms with Crippen LogP contribution in [0.2, 0.25) is 0 Å². The molecule has 0 radical (unpaired) electrons. The van der Waals surface area contributed by atoms with Crippen LogP contribution in [0.3, 0.4) is 0 Å². The van der Waals surface area contributed by atoms with Gasteiger partial charge >= 0.3 is 0 Å². The number of phenolic OH excluding ortho intramolecular Hbond substituents is 1. The Kier molecular flexibility index (Phi) is 2.53. The summed E-state index contributed by atoms with van der Waals surface area (Å²) in [6, 6.07) is 7.52. The van der Waals surface area contributed by atoms with Crippen LogP contribution < -0.4 is 0 Å². The highest BCUT2D eigenvalue weighted by atomic mass is 16.3. The molecule has 0 saturated heterocycles. The lowest BCUT2D eigenvalue weighted by atomic mass is 9.98. The van der Waals surface area contributed by atoms with E-state index in [4.69, 9.17) is 0 Å². The van der Waals surface area contributed by atoms with Crippen LogP contribution in [0, 0.1) is 0 Å². The minimum Gasteiger partial charge on any atom is -0.508 e. The first-order chi connectivity index (χ1) is 5.25. The zero-order valence-corrected chi connectivity index (χ0v) is 7.04. The quantitative estimate of drug-likeness (QED) is 0.687. The van der Waals surface area contributed by atoms with Gasteiger partial charge in [-0.25, -0.2) is 0 Å². The molecule has 1 aromatic rings. The molecule has 0 aliphatic heterocycles. The van der Waals surface area contributed by atoms with E-state index >= 15 is 0 Å². The molecule has 0 amide bonds. The summed E-state index contributed by atoms with van der Waals surface area (Å²) in [5.74, 6) is 0.873. The van der Waals surface area contributed by atoms with Gasteiger partial charge in [0.2, 0.25) is 0 Å². The Bertz CT molecular complexity index is 230. The van der Waals surface area contributed by atoms with Crippen molar-refractivity contribution in [3.05, 3.63) is 29.8 Å². The van der Waals surface area contributed by atoms with Crippen molar-refractivity contribution in [2.75, 3.05) is 0 Å². The number of hydrogen-bond acceptors (Lipinski definition) is 1. The first-order valence-corrected chi connectivity index (χ1v) is 4.03. The molecule has 1 nitrogen and oxygen atoms in total. The number of para-hydroxylation sites is 1. The average Bonchev–Trinajstić information content (AvgIpc) is 2.04. The fourth-order valence-electron chi connectivity index (χ4n) is 1.12. The van der Waals surface area contributed by atoms with Crippen LogP contribution in [0.4, 0.5) is 0 Å². The van der Waals surface area contributed by atoms with Gasteiger partial charge in [0.1, 0.15) is 5.75 Å². The molecule has 11 heavy (non-hydrogen) atoms. The molecule has 0 bridgehead atoms. The second kappa shape index (κ2) is 3.42. The van der Waals surface area contributed by atoms with Crippen molar-refractivity contribution in [2.45, 2.75) is 26.2 Å². The Balaban J connectivity index is 2.93. The van der Waals surface area contributed by atoms with E-state index in [0.29, 0.717) is 11.7 Å². The third-order valence-corrected chi connectivity index (χ3v) is 2.08. The lowest BCUT2D eigenvalue weighted by Crippen LogP contribution is -1.90. The second-order valence-corrected chi connectivity index (χ2v) is 2.87. The van der Waals surface area contributed by atoms with Gasteiger partial charge in [-0.15, -0.1) is 0 Å². The maximum atomic E-state index is 9.41. The van der Waals surface area contributed by atoms with E-state index in [-0.39, 0.29) is 0 Å². The molecule has 1 N–H and O–H groups in total. The summed E-state index contributed by atoms with van der Waals surface area (Å²) < 4.78 is 0. The molecular formula is C10H14O. The maximum absolute atomic E-state index is 9.41.